The maximum Gasteiger partial charge on any atom is 0.337 e. The lowest BCUT2D eigenvalue weighted by atomic mass is 10.3. The van der Waals surface area contributed by atoms with E-state index in [2.05, 4.69) is 16.4 Å². The van der Waals surface area contributed by atoms with Crippen LogP contribution in [0.4, 0.5) is 0 Å². The standard InChI is InChI=1S/C12H11NO2S2/c14-12(15)9-3-4-11(13-8-9)17-7-5-10-2-1-6-16-10/h1-4,6,8H,5,7H2,(H,14,15). The molecule has 0 aromatic carbocycles. The molecule has 2 heterocycles. The molecule has 0 saturated carbocycles. The number of aromatic nitrogens is 1. The summed E-state index contributed by atoms with van der Waals surface area (Å²) in [7, 11) is 0. The van der Waals surface area contributed by atoms with Gasteiger partial charge in [0.1, 0.15) is 0 Å². The number of carbonyl (C=O) groups is 1. The number of nitrogens with zero attached hydrogens (tertiary/aromatic N) is 1. The summed E-state index contributed by atoms with van der Waals surface area (Å²) >= 11 is 3.39. The van der Waals surface area contributed by atoms with Gasteiger partial charge in [-0.3, -0.25) is 0 Å². The molecule has 5 heteroatoms. The third kappa shape index (κ3) is 3.57. The summed E-state index contributed by atoms with van der Waals surface area (Å²) in [4.78, 5) is 16.1. The molecule has 17 heavy (non-hydrogen) atoms. The van der Waals surface area contributed by atoms with Gasteiger partial charge in [-0.1, -0.05) is 6.07 Å². The smallest absolute Gasteiger partial charge is 0.337 e. The van der Waals surface area contributed by atoms with Gasteiger partial charge in [-0.05, 0) is 30.0 Å². The second kappa shape index (κ2) is 5.84. The van der Waals surface area contributed by atoms with Gasteiger partial charge >= 0.3 is 5.97 Å². The van der Waals surface area contributed by atoms with E-state index in [-0.39, 0.29) is 5.56 Å². The SMILES string of the molecule is O=C(O)c1ccc(SCCc2cccs2)nc1. The molecule has 0 atom stereocenters. The lowest BCUT2D eigenvalue weighted by molar-refractivity contribution is 0.0696. The van der Waals surface area contributed by atoms with Gasteiger partial charge in [-0.25, -0.2) is 9.78 Å². The van der Waals surface area contributed by atoms with E-state index < -0.39 is 5.97 Å². The van der Waals surface area contributed by atoms with Crippen LogP contribution in [0.5, 0.6) is 0 Å². The van der Waals surface area contributed by atoms with Crippen LogP contribution in [0.15, 0.2) is 40.9 Å². The van der Waals surface area contributed by atoms with E-state index in [9.17, 15) is 4.79 Å². The minimum absolute atomic E-state index is 0.229. The molecule has 3 nitrogen and oxygen atoms in total. The number of aromatic carboxylic acids is 1. The van der Waals surface area contributed by atoms with Crippen molar-refractivity contribution in [2.75, 3.05) is 5.75 Å². The van der Waals surface area contributed by atoms with Crippen LogP contribution in [0.1, 0.15) is 15.2 Å². The van der Waals surface area contributed by atoms with Gasteiger partial charge in [-0.15, -0.1) is 23.1 Å². The molecule has 0 spiro atoms. The van der Waals surface area contributed by atoms with Crippen molar-refractivity contribution in [2.24, 2.45) is 0 Å². The van der Waals surface area contributed by atoms with Crippen molar-refractivity contribution in [1.82, 2.24) is 4.98 Å². The average molecular weight is 265 g/mol. The first-order chi connectivity index (χ1) is 8.25. The van der Waals surface area contributed by atoms with Crippen LogP contribution in [0, 0.1) is 0 Å². The zero-order chi connectivity index (χ0) is 12.1. The van der Waals surface area contributed by atoms with Crippen molar-refractivity contribution in [3.63, 3.8) is 0 Å². The molecular formula is C12H11NO2S2. The minimum Gasteiger partial charge on any atom is -0.478 e. The highest BCUT2D eigenvalue weighted by molar-refractivity contribution is 7.99. The largest absolute Gasteiger partial charge is 0.478 e. The fraction of sp³-hybridized carbons (Fsp3) is 0.167. The lowest BCUT2D eigenvalue weighted by Crippen LogP contribution is -1.97. The van der Waals surface area contributed by atoms with Crippen molar-refractivity contribution in [2.45, 2.75) is 11.4 Å². The molecule has 0 aliphatic rings. The van der Waals surface area contributed by atoms with Crippen LogP contribution in [0.2, 0.25) is 0 Å². The molecule has 2 aromatic heterocycles. The van der Waals surface area contributed by atoms with Crippen LogP contribution < -0.4 is 0 Å². The van der Waals surface area contributed by atoms with E-state index >= 15 is 0 Å². The summed E-state index contributed by atoms with van der Waals surface area (Å²) < 4.78 is 0. The van der Waals surface area contributed by atoms with Crippen LogP contribution in [0.3, 0.4) is 0 Å². The topological polar surface area (TPSA) is 50.2 Å². The predicted molar refractivity (Wildman–Crippen MR) is 69.9 cm³/mol. The van der Waals surface area contributed by atoms with E-state index in [1.807, 2.05) is 6.07 Å². The van der Waals surface area contributed by atoms with Crippen molar-refractivity contribution >= 4 is 29.1 Å². The summed E-state index contributed by atoms with van der Waals surface area (Å²) in [5, 5.41) is 11.7. The van der Waals surface area contributed by atoms with E-state index in [0.29, 0.717) is 0 Å². The molecule has 2 rings (SSSR count). The fourth-order valence-electron chi connectivity index (χ4n) is 1.30. The van der Waals surface area contributed by atoms with Crippen molar-refractivity contribution in [1.29, 1.82) is 0 Å². The molecular weight excluding hydrogens is 254 g/mol. The zero-order valence-electron chi connectivity index (χ0n) is 9.00. The first kappa shape index (κ1) is 12.1. The van der Waals surface area contributed by atoms with E-state index in [0.717, 1.165) is 17.2 Å². The Balaban J connectivity index is 1.85. The van der Waals surface area contributed by atoms with Crippen LogP contribution >= 0.6 is 23.1 Å². The molecule has 0 bridgehead atoms. The number of hydrogen-bond acceptors (Lipinski definition) is 4. The van der Waals surface area contributed by atoms with Gasteiger partial charge in [0.15, 0.2) is 0 Å². The average Bonchev–Trinajstić information content (AvgIpc) is 2.83. The van der Waals surface area contributed by atoms with Gasteiger partial charge in [0, 0.05) is 16.8 Å². The fourth-order valence-corrected chi connectivity index (χ4v) is 2.96. The molecule has 0 unspecified atom stereocenters. The van der Waals surface area contributed by atoms with Crippen LogP contribution in [0.25, 0.3) is 0 Å². The number of thiophene rings is 1. The molecule has 0 fully saturated rings. The first-order valence-electron chi connectivity index (χ1n) is 5.10. The lowest BCUT2D eigenvalue weighted by Gasteiger charge is -2.00. The predicted octanol–water partition coefficient (Wildman–Crippen LogP) is 3.18. The molecule has 0 aliphatic heterocycles. The van der Waals surface area contributed by atoms with Crippen molar-refractivity contribution < 1.29 is 9.90 Å². The molecule has 88 valence electrons. The zero-order valence-corrected chi connectivity index (χ0v) is 10.6. The Morgan fingerprint density at radius 2 is 2.29 bits per heavy atom. The second-order valence-electron chi connectivity index (χ2n) is 3.37. The third-order valence-corrected chi connectivity index (χ3v) is 4.04. The minimum atomic E-state index is -0.937. The van der Waals surface area contributed by atoms with Gasteiger partial charge < -0.3 is 5.11 Å². The van der Waals surface area contributed by atoms with E-state index in [1.54, 1.807) is 35.2 Å². The highest BCUT2D eigenvalue weighted by Crippen LogP contribution is 2.18. The van der Waals surface area contributed by atoms with Crippen molar-refractivity contribution in [3.05, 3.63) is 46.3 Å². The number of rotatable bonds is 5. The highest BCUT2D eigenvalue weighted by atomic mass is 32.2. The Morgan fingerprint density at radius 3 is 2.88 bits per heavy atom. The Kier molecular flexibility index (Phi) is 4.17. The quantitative estimate of drug-likeness (QED) is 0.844. The normalized spacial score (nSPS) is 10.4. The van der Waals surface area contributed by atoms with Gasteiger partial charge in [0.05, 0.1) is 10.6 Å². The van der Waals surface area contributed by atoms with Gasteiger partial charge in [0.25, 0.3) is 0 Å². The molecule has 0 amide bonds. The Morgan fingerprint density at radius 1 is 1.41 bits per heavy atom. The summed E-state index contributed by atoms with van der Waals surface area (Å²) in [5.41, 5.74) is 0.229. The molecule has 1 N–H and O–H groups in total. The van der Waals surface area contributed by atoms with Crippen LogP contribution in [-0.2, 0) is 6.42 Å². The van der Waals surface area contributed by atoms with Gasteiger partial charge in [0.2, 0.25) is 0 Å². The summed E-state index contributed by atoms with van der Waals surface area (Å²) in [5.74, 6) is 0.0209. The second-order valence-corrected chi connectivity index (χ2v) is 5.52. The van der Waals surface area contributed by atoms with Crippen molar-refractivity contribution in [3.8, 4) is 0 Å². The number of thioether (sulfide) groups is 1. The number of pyridine rings is 1. The molecule has 0 radical (unpaired) electrons. The highest BCUT2D eigenvalue weighted by Gasteiger charge is 2.03. The number of hydrogen-bond donors (Lipinski definition) is 1. The maximum atomic E-state index is 10.6. The summed E-state index contributed by atoms with van der Waals surface area (Å²) in [6, 6.07) is 7.50. The monoisotopic (exact) mass is 265 g/mol. The molecule has 0 saturated heterocycles. The molecule has 0 aliphatic carbocycles. The Labute approximate surface area is 108 Å². The van der Waals surface area contributed by atoms with Crippen LogP contribution in [-0.4, -0.2) is 21.8 Å². The summed E-state index contributed by atoms with van der Waals surface area (Å²) in [6.45, 7) is 0. The number of carboxylic acid groups (broad SMARTS) is 1. The van der Waals surface area contributed by atoms with E-state index in [4.69, 9.17) is 5.11 Å². The summed E-state index contributed by atoms with van der Waals surface area (Å²) in [6.07, 6.45) is 2.42. The third-order valence-electron chi connectivity index (χ3n) is 2.16. The first-order valence-corrected chi connectivity index (χ1v) is 6.97. The number of carboxylic acids is 1. The Bertz CT molecular complexity index is 480. The Hall–Kier alpha value is -1.33. The maximum absolute atomic E-state index is 10.6. The molecule has 2 aromatic rings. The number of aryl methyl sites for hydroxylation is 1. The van der Waals surface area contributed by atoms with Gasteiger partial charge in [-0.2, -0.15) is 0 Å². The van der Waals surface area contributed by atoms with E-state index in [1.165, 1.54) is 11.1 Å².